The van der Waals surface area contributed by atoms with E-state index in [1.807, 2.05) is 6.92 Å². The van der Waals surface area contributed by atoms with Crippen LogP contribution in [0.4, 0.5) is 0 Å². The molecule has 0 radical (unpaired) electrons. The van der Waals surface area contributed by atoms with Crippen molar-refractivity contribution in [3.8, 4) is 0 Å². The Morgan fingerprint density at radius 2 is 1.77 bits per heavy atom. The summed E-state index contributed by atoms with van der Waals surface area (Å²) in [5, 5.41) is 22.8. The minimum Gasteiger partial charge on any atom is -0.387 e. The van der Waals surface area contributed by atoms with Gasteiger partial charge in [-0.25, -0.2) is 0 Å². The van der Waals surface area contributed by atoms with E-state index in [2.05, 4.69) is 33.9 Å². The van der Waals surface area contributed by atoms with Crippen LogP contribution in [0.1, 0.15) is 72.6 Å². The van der Waals surface area contributed by atoms with Crippen LogP contribution < -0.4 is 0 Å². The molecule has 2 fully saturated rings. The van der Waals surface area contributed by atoms with Gasteiger partial charge in [-0.3, -0.25) is 0 Å². The SMILES string of the molecule is C=CC(=C)CCC1(O)C(C)(O)CCC2C(C)(C)CCCC21C. The summed E-state index contributed by atoms with van der Waals surface area (Å²) < 4.78 is 0. The highest BCUT2D eigenvalue weighted by Crippen LogP contribution is 2.64. The van der Waals surface area contributed by atoms with E-state index in [1.165, 1.54) is 6.42 Å². The molecule has 2 aliphatic rings. The van der Waals surface area contributed by atoms with E-state index in [0.29, 0.717) is 25.2 Å². The van der Waals surface area contributed by atoms with Gasteiger partial charge in [0, 0.05) is 5.41 Å². The number of fused-ring (bicyclic) bond motifs is 1. The van der Waals surface area contributed by atoms with Crippen molar-refractivity contribution in [1.82, 2.24) is 0 Å². The molecule has 4 atom stereocenters. The van der Waals surface area contributed by atoms with Gasteiger partial charge in [-0.05, 0) is 56.8 Å². The van der Waals surface area contributed by atoms with E-state index < -0.39 is 11.2 Å². The summed E-state index contributed by atoms with van der Waals surface area (Å²) in [7, 11) is 0. The Kier molecular flexibility index (Phi) is 4.43. The minimum absolute atomic E-state index is 0.229. The van der Waals surface area contributed by atoms with Gasteiger partial charge < -0.3 is 10.2 Å². The summed E-state index contributed by atoms with van der Waals surface area (Å²) >= 11 is 0. The van der Waals surface area contributed by atoms with Crippen molar-refractivity contribution < 1.29 is 10.2 Å². The maximum atomic E-state index is 11.7. The second kappa shape index (κ2) is 5.49. The van der Waals surface area contributed by atoms with Crippen molar-refractivity contribution >= 4 is 0 Å². The van der Waals surface area contributed by atoms with E-state index in [4.69, 9.17) is 0 Å². The van der Waals surface area contributed by atoms with Gasteiger partial charge in [0.1, 0.15) is 0 Å². The number of hydrogen-bond donors (Lipinski definition) is 2. The van der Waals surface area contributed by atoms with Crippen molar-refractivity contribution in [3.05, 3.63) is 24.8 Å². The van der Waals surface area contributed by atoms with Crippen LogP contribution in [0.25, 0.3) is 0 Å². The van der Waals surface area contributed by atoms with Crippen LogP contribution in [0.3, 0.4) is 0 Å². The molecule has 22 heavy (non-hydrogen) atoms. The summed E-state index contributed by atoms with van der Waals surface area (Å²) in [6, 6.07) is 0. The van der Waals surface area contributed by atoms with Gasteiger partial charge in [-0.1, -0.05) is 52.0 Å². The van der Waals surface area contributed by atoms with E-state index in [9.17, 15) is 10.2 Å². The predicted molar refractivity (Wildman–Crippen MR) is 92.6 cm³/mol. The van der Waals surface area contributed by atoms with Gasteiger partial charge in [-0.15, -0.1) is 0 Å². The van der Waals surface area contributed by atoms with E-state index in [-0.39, 0.29) is 10.8 Å². The first kappa shape index (κ1) is 17.7. The van der Waals surface area contributed by atoms with E-state index in [1.54, 1.807) is 6.08 Å². The lowest BCUT2D eigenvalue weighted by molar-refractivity contribution is -0.273. The third-order valence-electron chi connectivity index (χ3n) is 7.08. The predicted octanol–water partition coefficient (Wildman–Crippen LogP) is 4.62. The Morgan fingerprint density at radius 1 is 1.14 bits per heavy atom. The average molecular weight is 306 g/mol. The van der Waals surface area contributed by atoms with Crippen LogP contribution in [0, 0.1) is 16.7 Å². The lowest BCUT2D eigenvalue weighted by Gasteiger charge is -2.65. The highest BCUT2D eigenvalue weighted by atomic mass is 16.4. The van der Waals surface area contributed by atoms with Crippen molar-refractivity contribution in [2.24, 2.45) is 16.7 Å². The Hall–Kier alpha value is -0.600. The van der Waals surface area contributed by atoms with E-state index in [0.717, 1.165) is 24.8 Å². The summed E-state index contributed by atoms with van der Waals surface area (Å²) in [4.78, 5) is 0. The number of hydrogen-bond acceptors (Lipinski definition) is 2. The zero-order valence-electron chi connectivity index (χ0n) is 14.9. The molecule has 0 heterocycles. The molecule has 0 saturated heterocycles. The van der Waals surface area contributed by atoms with Crippen LogP contribution in [0.15, 0.2) is 24.8 Å². The van der Waals surface area contributed by atoms with Crippen LogP contribution in [-0.4, -0.2) is 21.4 Å². The molecule has 2 nitrogen and oxygen atoms in total. The normalized spacial score (nSPS) is 44.2. The van der Waals surface area contributed by atoms with Crippen LogP contribution in [-0.2, 0) is 0 Å². The number of rotatable bonds is 4. The third-order valence-corrected chi connectivity index (χ3v) is 7.08. The fourth-order valence-corrected chi connectivity index (χ4v) is 5.57. The van der Waals surface area contributed by atoms with Crippen LogP contribution in [0.5, 0.6) is 0 Å². The molecule has 0 aromatic heterocycles. The monoisotopic (exact) mass is 306 g/mol. The van der Waals surface area contributed by atoms with Crippen molar-refractivity contribution in [2.75, 3.05) is 0 Å². The first-order valence-corrected chi connectivity index (χ1v) is 8.75. The lowest BCUT2D eigenvalue weighted by atomic mass is 9.43. The second-order valence-electron chi connectivity index (χ2n) is 8.85. The van der Waals surface area contributed by atoms with Crippen molar-refractivity contribution in [1.29, 1.82) is 0 Å². The molecule has 2 heteroatoms. The largest absolute Gasteiger partial charge is 0.387 e. The summed E-state index contributed by atoms with van der Waals surface area (Å²) in [6.45, 7) is 16.4. The number of aliphatic hydroxyl groups is 2. The van der Waals surface area contributed by atoms with Crippen LogP contribution >= 0.6 is 0 Å². The standard InChI is InChI=1S/C20H34O2/c1-7-15(2)9-14-20(22)18(5)12-8-11-17(3,4)16(18)10-13-19(20,6)21/h7,16,21-22H,1-2,8-14H2,3-6H3. The fourth-order valence-electron chi connectivity index (χ4n) is 5.57. The molecule has 2 N–H and O–H groups in total. The quantitative estimate of drug-likeness (QED) is 0.744. The molecule has 0 amide bonds. The van der Waals surface area contributed by atoms with E-state index >= 15 is 0 Å². The van der Waals surface area contributed by atoms with Gasteiger partial charge in [0.15, 0.2) is 0 Å². The van der Waals surface area contributed by atoms with Gasteiger partial charge in [0.25, 0.3) is 0 Å². The summed E-state index contributed by atoms with van der Waals surface area (Å²) in [6.07, 6.45) is 8.02. The molecular formula is C20H34O2. The first-order valence-electron chi connectivity index (χ1n) is 8.75. The Morgan fingerprint density at radius 3 is 2.36 bits per heavy atom. The molecule has 0 aromatic carbocycles. The van der Waals surface area contributed by atoms with Crippen LogP contribution in [0.2, 0.25) is 0 Å². The molecule has 0 aliphatic heterocycles. The highest BCUT2D eigenvalue weighted by molar-refractivity contribution is 5.19. The zero-order valence-corrected chi connectivity index (χ0v) is 14.9. The summed E-state index contributed by atoms with van der Waals surface area (Å²) in [5.74, 6) is 0.455. The summed E-state index contributed by atoms with van der Waals surface area (Å²) in [5.41, 5.74) is -1.17. The number of allylic oxidation sites excluding steroid dienone is 2. The molecular weight excluding hydrogens is 272 g/mol. The first-order chi connectivity index (χ1) is 10.0. The fraction of sp³-hybridized carbons (Fsp3) is 0.800. The molecule has 126 valence electrons. The average Bonchev–Trinajstić information content (AvgIpc) is 2.41. The second-order valence-corrected chi connectivity index (χ2v) is 8.85. The molecule has 0 bridgehead atoms. The molecule has 0 aromatic rings. The van der Waals surface area contributed by atoms with Crippen molar-refractivity contribution in [3.63, 3.8) is 0 Å². The Labute approximate surface area is 136 Å². The maximum absolute atomic E-state index is 11.7. The topological polar surface area (TPSA) is 40.5 Å². The third kappa shape index (κ3) is 2.49. The molecule has 4 unspecified atom stereocenters. The molecule has 2 aliphatic carbocycles. The molecule has 0 spiro atoms. The Bertz CT molecular complexity index is 462. The smallest absolute Gasteiger partial charge is 0.0989 e. The minimum atomic E-state index is -1.06. The van der Waals surface area contributed by atoms with Gasteiger partial charge >= 0.3 is 0 Å². The van der Waals surface area contributed by atoms with Gasteiger partial charge in [0.2, 0.25) is 0 Å². The van der Waals surface area contributed by atoms with Gasteiger partial charge in [0.05, 0.1) is 11.2 Å². The molecule has 2 rings (SSSR count). The maximum Gasteiger partial charge on any atom is 0.0989 e. The lowest BCUT2D eigenvalue weighted by Crippen LogP contribution is -2.69. The van der Waals surface area contributed by atoms with Crippen molar-refractivity contribution in [2.45, 2.75) is 83.8 Å². The van der Waals surface area contributed by atoms with Gasteiger partial charge in [-0.2, -0.15) is 0 Å². The zero-order chi connectivity index (χ0) is 16.8. The molecule has 2 saturated carbocycles. The Balaban J connectivity index is 2.41. The highest BCUT2D eigenvalue weighted by Gasteiger charge is 2.65.